The van der Waals surface area contributed by atoms with Crippen LogP contribution in [0.5, 0.6) is 0 Å². The van der Waals surface area contributed by atoms with Crippen molar-refractivity contribution >= 4 is 11.8 Å². The molecule has 0 unspecified atom stereocenters. The highest BCUT2D eigenvalue weighted by Crippen LogP contribution is 2.33. The normalized spacial score (nSPS) is 19.2. The minimum absolute atomic E-state index is 1.09. The SMILES string of the molecule is CSC=CCCC1CC1. The minimum atomic E-state index is 1.09. The zero-order chi connectivity index (χ0) is 6.53. The molecule has 1 fully saturated rings. The van der Waals surface area contributed by atoms with Crippen molar-refractivity contribution in [2.24, 2.45) is 5.92 Å². The fraction of sp³-hybridized carbons (Fsp3) is 0.750. The number of allylic oxidation sites excluding steroid dienone is 1. The monoisotopic (exact) mass is 142 g/mol. The summed E-state index contributed by atoms with van der Waals surface area (Å²) < 4.78 is 0. The first-order valence-corrected chi connectivity index (χ1v) is 4.90. The van der Waals surface area contributed by atoms with Gasteiger partial charge in [0.05, 0.1) is 0 Å². The van der Waals surface area contributed by atoms with Crippen LogP contribution in [-0.4, -0.2) is 6.26 Å². The molecule has 0 aromatic carbocycles. The summed E-state index contributed by atoms with van der Waals surface area (Å²) in [5.74, 6) is 1.09. The third kappa shape index (κ3) is 3.63. The van der Waals surface area contributed by atoms with E-state index < -0.39 is 0 Å². The summed E-state index contributed by atoms with van der Waals surface area (Å²) >= 11 is 1.79. The van der Waals surface area contributed by atoms with E-state index in [1.54, 1.807) is 11.8 Å². The Kier molecular flexibility index (Phi) is 3.20. The molecule has 0 atom stereocenters. The van der Waals surface area contributed by atoms with E-state index in [0.29, 0.717) is 0 Å². The Morgan fingerprint density at radius 2 is 2.33 bits per heavy atom. The van der Waals surface area contributed by atoms with E-state index in [1.165, 1.54) is 25.7 Å². The van der Waals surface area contributed by atoms with Crippen LogP contribution in [0.1, 0.15) is 25.7 Å². The highest BCUT2D eigenvalue weighted by molar-refractivity contribution is 8.01. The molecule has 1 aliphatic rings. The molecule has 0 amide bonds. The van der Waals surface area contributed by atoms with Crippen LogP contribution < -0.4 is 0 Å². The Hall–Kier alpha value is 0.0900. The van der Waals surface area contributed by atoms with Crippen molar-refractivity contribution < 1.29 is 0 Å². The van der Waals surface area contributed by atoms with Crippen molar-refractivity contribution in [2.45, 2.75) is 25.7 Å². The predicted molar refractivity (Wildman–Crippen MR) is 44.6 cm³/mol. The Morgan fingerprint density at radius 3 is 2.89 bits per heavy atom. The van der Waals surface area contributed by atoms with Crippen molar-refractivity contribution in [3.63, 3.8) is 0 Å². The quantitative estimate of drug-likeness (QED) is 0.581. The molecule has 0 spiro atoms. The van der Waals surface area contributed by atoms with Gasteiger partial charge in [-0.3, -0.25) is 0 Å². The molecule has 0 aromatic heterocycles. The van der Waals surface area contributed by atoms with Crippen LogP contribution >= 0.6 is 11.8 Å². The number of hydrogen-bond acceptors (Lipinski definition) is 1. The van der Waals surface area contributed by atoms with E-state index in [-0.39, 0.29) is 0 Å². The molecule has 9 heavy (non-hydrogen) atoms. The molecule has 1 saturated carbocycles. The first-order chi connectivity index (χ1) is 4.43. The molecule has 0 aliphatic heterocycles. The molecule has 1 rings (SSSR count). The summed E-state index contributed by atoms with van der Waals surface area (Å²) in [6.45, 7) is 0. The summed E-state index contributed by atoms with van der Waals surface area (Å²) in [7, 11) is 0. The predicted octanol–water partition coefficient (Wildman–Crippen LogP) is 3.05. The van der Waals surface area contributed by atoms with E-state index in [4.69, 9.17) is 0 Å². The van der Waals surface area contributed by atoms with E-state index >= 15 is 0 Å². The molecule has 1 heteroatoms. The Balaban J connectivity index is 1.85. The van der Waals surface area contributed by atoms with E-state index in [0.717, 1.165) is 5.92 Å². The molecule has 52 valence electrons. The lowest BCUT2D eigenvalue weighted by Crippen LogP contribution is -1.71. The van der Waals surface area contributed by atoms with Crippen LogP contribution in [0, 0.1) is 5.92 Å². The summed E-state index contributed by atoms with van der Waals surface area (Å²) in [5.41, 5.74) is 0. The fourth-order valence-electron chi connectivity index (χ4n) is 0.903. The van der Waals surface area contributed by atoms with Gasteiger partial charge in [-0.05, 0) is 30.4 Å². The van der Waals surface area contributed by atoms with Gasteiger partial charge < -0.3 is 0 Å². The van der Waals surface area contributed by atoms with Crippen LogP contribution in [0.25, 0.3) is 0 Å². The van der Waals surface area contributed by atoms with Crippen molar-refractivity contribution in [1.82, 2.24) is 0 Å². The molecular formula is C8H14S. The number of hydrogen-bond donors (Lipinski definition) is 0. The van der Waals surface area contributed by atoms with E-state index in [1.807, 2.05) is 0 Å². The maximum absolute atomic E-state index is 2.28. The second-order valence-corrected chi connectivity index (χ2v) is 3.37. The summed E-state index contributed by atoms with van der Waals surface area (Å²) in [5, 5.41) is 2.18. The highest BCUT2D eigenvalue weighted by Gasteiger charge is 2.19. The van der Waals surface area contributed by atoms with Crippen molar-refractivity contribution in [3.8, 4) is 0 Å². The molecule has 0 saturated heterocycles. The van der Waals surface area contributed by atoms with Gasteiger partial charge in [0.1, 0.15) is 0 Å². The Morgan fingerprint density at radius 1 is 1.56 bits per heavy atom. The van der Waals surface area contributed by atoms with Gasteiger partial charge in [0.2, 0.25) is 0 Å². The van der Waals surface area contributed by atoms with E-state index in [9.17, 15) is 0 Å². The van der Waals surface area contributed by atoms with Gasteiger partial charge in [-0.15, -0.1) is 11.8 Å². The lowest BCUT2D eigenvalue weighted by atomic mass is 10.2. The maximum Gasteiger partial charge on any atom is -0.0142 e. The Bertz CT molecular complexity index is 92.7. The van der Waals surface area contributed by atoms with E-state index in [2.05, 4.69) is 17.7 Å². The Labute approximate surface area is 61.7 Å². The van der Waals surface area contributed by atoms with Gasteiger partial charge in [0.15, 0.2) is 0 Å². The third-order valence-electron chi connectivity index (χ3n) is 1.67. The molecule has 1 aliphatic carbocycles. The van der Waals surface area contributed by atoms with Crippen LogP contribution in [0.15, 0.2) is 11.5 Å². The van der Waals surface area contributed by atoms with Crippen LogP contribution in [0.3, 0.4) is 0 Å². The number of thioether (sulfide) groups is 1. The molecule has 0 N–H and O–H groups in total. The van der Waals surface area contributed by atoms with Gasteiger partial charge in [-0.1, -0.05) is 18.9 Å². The first kappa shape index (κ1) is 7.20. The lowest BCUT2D eigenvalue weighted by Gasteiger charge is -1.87. The zero-order valence-corrected chi connectivity index (χ0v) is 6.79. The van der Waals surface area contributed by atoms with Crippen LogP contribution in [0.2, 0.25) is 0 Å². The summed E-state index contributed by atoms with van der Waals surface area (Å²) in [6, 6.07) is 0. The van der Waals surface area contributed by atoms with Gasteiger partial charge >= 0.3 is 0 Å². The second-order valence-electron chi connectivity index (χ2n) is 2.63. The summed E-state index contributed by atoms with van der Waals surface area (Å²) in [4.78, 5) is 0. The number of rotatable bonds is 4. The highest BCUT2D eigenvalue weighted by atomic mass is 32.2. The summed E-state index contributed by atoms with van der Waals surface area (Å²) in [6.07, 6.45) is 10.1. The fourth-order valence-corrected chi connectivity index (χ4v) is 1.23. The van der Waals surface area contributed by atoms with Crippen LogP contribution in [0.4, 0.5) is 0 Å². The molecule has 0 radical (unpaired) electrons. The maximum atomic E-state index is 2.28. The smallest absolute Gasteiger partial charge is 0.0142 e. The van der Waals surface area contributed by atoms with Crippen LogP contribution in [-0.2, 0) is 0 Å². The van der Waals surface area contributed by atoms with Gasteiger partial charge in [-0.2, -0.15) is 0 Å². The second kappa shape index (κ2) is 3.99. The van der Waals surface area contributed by atoms with Crippen molar-refractivity contribution in [1.29, 1.82) is 0 Å². The molecular weight excluding hydrogens is 128 g/mol. The molecule has 0 aromatic rings. The van der Waals surface area contributed by atoms with Crippen molar-refractivity contribution in [2.75, 3.05) is 6.26 Å². The molecule has 0 bridgehead atoms. The van der Waals surface area contributed by atoms with Gasteiger partial charge in [-0.25, -0.2) is 0 Å². The van der Waals surface area contributed by atoms with Gasteiger partial charge in [0, 0.05) is 0 Å². The first-order valence-electron chi connectivity index (χ1n) is 3.61. The third-order valence-corrected chi connectivity index (χ3v) is 2.14. The lowest BCUT2D eigenvalue weighted by molar-refractivity contribution is 0.742. The average Bonchev–Trinajstić information content (AvgIpc) is 2.63. The largest absolute Gasteiger partial charge is 0.138 e. The van der Waals surface area contributed by atoms with Crippen molar-refractivity contribution in [3.05, 3.63) is 11.5 Å². The zero-order valence-electron chi connectivity index (χ0n) is 5.97. The molecule has 0 nitrogen and oxygen atoms in total. The topological polar surface area (TPSA) is 0 Å². The minimum Gasteiger partial charge on any atom is -0.138 e. The standard InChI is InChI=1S/C8H14S/c1-9-7-3-2-4-8-5-6-8/h3,7-8H,2,4-6H2,1H3. The molecule has 0 heterocycles. The average molecular weight is 142 g/mol. The van der Waals surface area contributed by atoms with Gasteiger partial charge in [0.25, 0.3) is 0 Å².